The number of aliphatic carboxylic acids is 1. The van der Waals surface area contributed by atoms with Crippen LogP contribution in [0.25, 0.3) is 6.08 Å². The number of nitrogens with zero attached hydrogens (tertiary/aromatic N) is 4. The van der Waals surface area contributed by atoms with Crippen LogP contribution in [0, 0.1) is 0 Å². The van der Waals surface area contributed by atoms with Gasteiger partial charge in [0, 0.05) is 25.8 Å². The van der Waals surface area contributed by atoms with Crippen molar-refractivity contribution >= 4 is 51.6 Å². The van der Waals surface area contributed by atoms with Crippen LogP contribution in [-0.2, 0) is 38.5 Å². The number of amides is 5. The van der Waals surface area contributed by atoms with Crippen molar-refractivity contribution in [3.8, 4) is 0 Å². The van der Waals surface area contributed by atoms with Crippen LogP contribution in [0.15, 0.2) is 60.3 Å². The van der Waals surface area contributed by atoms with Gasteiger partial charge in [-0.25, -0.2) is 22.8 Å². The van der Waals surface area contributed by atoms with E-state index in [9.17, 15) is 42.3 Å². The van der Waals surface area contributed by atoms with E-state index in [1.54, 1.807) is 43.3 Å². The lowest BCUT2D eigenvalue weighted by molar-refractivity contribution is -0.156. The molecule has 0 saturated carbocycles. The number of piperazine rings is 1. The minimum Gasteiger partial charge on any atom is -0.480 e. The Labute approximate surface area is 257 Å². The summed E-state index contributed by atoms with van der Waals surface area (Å²) < 4.78 is 30.8. The second kappa shape index (κ2) is 11.8. The SMILES string of the molecule is CCN1CCN(C(=O)NC(C(=O)OC[C@@]2(C)[C@H](C(=O)O)N3C(=O)C(=Cc4ccccn4)[C@H]3S2(=O)=O)c2ccccc2)C(=O)C1=O. The predicted molar refractivity (Wildman–Crippen MR) is 154 cm³/mol. The fraction of sp³-hybridized carbons (Fsp3) is 0.345. The number of rotatable bonds is 8. The maximum atomic E-state index is 13.8. The number of aromatic nitrogens is 1. The van der Waals surface area contributed by atoms with Gasteiger partial charge in [0.2, 0.25) is 0 Å². The number of β-lactam (4-membered cyclic amide) rings is 1. The Morgan fingerprint density at radius 2 is 1.76 bits per heavy atom. The maximum Gasteiger partial charge on any atom is 0.333 e. The number of pyridine rings is 1. The van der Waals surface area contributed by atoms with Crippen molar-refractivity contribution in [1.82, 2.24) is 25.0 Å². The van der Waals surface area contributed by atoms with E-state index >= 15 is 0 Å². The number of likely N-dealkylation sites (N-methyl/N-ethyl adjacent to an activating group) is 1. The summed E-state index contributed by atoms with van der Waals surface area (Å²) >= 11 is 0. The molecule has 2 aromatic rings. The molecule has 0 bridgehead atoms. The summed E-state index contributed by atoms with van der Waals surface area (Å²) in [5.74, 6) is -5.56. The number of fused-ring (bicyclic) bond motifs is 1. The van der Waals surface area contributed by atoms with Gasteiger partial charge in [-0.3, -0.25) is 24.3 Å². The average molecular weight is 640 g/mol. The first-order valence-corrected chi connectivity index (χ1v) is 15.4. The second-order valence-electron chi connectivity index (χ2n) is 10.8. The Balaban J connectivity index is 1.40. The summed E-state index contributed by atoms with van der Waals surface area (Å²) in [5.41, 5.74) is 0.322. The standard InChI is InChI=1S/C29H29N5O10S/c1-3-32-13-14-33(24(37)23(32)36)28(41)31-20(17-9-5-4-6-10-17)27(40)44-16-29(2)21(26(38)39)34-22(35)19(25(34)45(29,42)43)15-18-11-7-8-12-30-18/h4-12,15,20-21,25H,3,13-14,16H2,1-2H3,(H,31,41)(H,38,39)/t20?,21-,25+,29-/m0/s1. The minimum absolute atomic E-state index is 0.0922. The molecule has 4 atom stereocenters. The highest BCUT2D eigenvalue weighted by Crippen LogP contribution is 2.49. The molecule has 2 N–H and O–H groups in total. The van der Waals surface area contributed by atoms with E-state index in [0.29, 0.717) is 10.6 Å². The number of hydrogen-bond donors (Lipinski definition) is 2. The Hall–Kier alpha value is -5.12. The lowest BCUT2D eigenvalue weighted by Gasteiger charge is -2.37. The predicted octanol–water partition coefficient (Wildman–Crippen LogP) is -0.0416. The monoisotopic (exact) mass is 639 g/mol. The third-order valence-electron chi connectivity index (χ3n) is 8.10. The van der Waals surface area contributed by atoms with Crippen LogP contribution in [0.1, 0.15) is 31.1 Å². The Kier molecular flexibility index (Phi) is 8.18. The van der Waals surface area contributed by atoms with Gasteiger partial charge in [0.15, 0.2) is 27.3 Å². The summed E-state index contributed by atoms with van der Waals surface area (Å²) in [5, 5.41) is 10.8. The molecular weight excluding hydrogens is 610 g/mol. The number of esters is 1. The van der Waals surface area contributed by atoms with Gasteiger partial charge in [-0.15, -0.1) is 0 Å². The first-order chi connectivity index (χ1) is 21.3. The second-order valence-corrected chi connectivity index (χ2v) is 13.2. The van der Waals surface area contributed by atoms with Crippen LogP contribution in [0.3, 0.4) is 0 Å². The van der Waals surface area contributed by atoms with Gasteiger partial charge in [0.05, 0.1) is 11.3 Å². The summed E-state index contributed by atoms with van der Waals surface area (Å²) in [7, 11) is -4.50. The summed E-state index contributed by atoms with van der Waals surface area (Å²) in [4.78, 5) is 83.6. The Morgan fingerprint density at radius 1 is 1.07 bits per heavy atom. The third kappa shape index (κ3) is 5.20. The van der Waals surface area contributed by atoms with Crippen LogP contribution >= 0.6 is 0 Å². The van der Waals surface area contributed by atoms with Gasteiger partial charge < -0.3 is 25.0 Å². The molecule has 1 aromatic heterocycles. The van der Waals surface area contributed by atoms with Crippen LogP contribution in [-0.4, -0.2) is 111 Å². The number of benzene rings is 1. The molecule has 3 fully saturated rings. The number of carboxylic acid groups (broad SMARTS) is 1. The molecule has 45 heavy (non-hydrogen) atoms. The number of carbonyl (C=O) groups excluding carboxylic acids is 5. The molecule has 5 rings (SSSR count). The van der Waals surface area contributed by atoms with E-state index in [0.717, 1.165) is 11.8 Å². The molecule has 1 unspecified atom stereocenters. The highest BCUT2D eigenvalue weighted by atomic mass is 32.2. The number of hydrogen-bond acceptors (Lipinski definition) is 10. The fourth-order valence-corrected chi connectivity index (χ4v) is 7.89. The number of imide groups is 1. The number of ether oxygens (including phenoxy) is 1. The number of carboxylic acids is 1. The number of urea groups is 1. The molecule has 1 aromatic carbocycles. The smallest absolute Gasteiger partial charge is 0.333 e. The highest BCUT2D eigenvalue weighted by molar-refractivity contribution is 7.94. The van der Waals surface area contributed by atoms with Crippen LogP contribution < -0.4 is 5.32 Å². The molecule has 0 radical (unpaired) electrons. The van der Waals surface area contributed by atoms with Gasteiger partial charge >= 0.3 is 29.8 Å². The Morgan fingerprint density at radius 3 is 2.38 bits per heavy atom. The van der Waals surface area contributed by atoms with Gasteiger partial charge in [-0.05, 0) is 37.6 Å². The lowest BCUT2D eigenvalue weighted by atomic mass is 9.94. The molecule has 3 aliphatic rings. The zero-order chi connectivity index (χ0) is 32.7. The highest BCUT2D eigenvalue weighted by Gasteiger charge is 2.72. The van der Waals surface area contributed by atoms with Gasteiger partial charge in [-0.2, -0.15) is 0 Å². The number of sulfone groups is 1. The quantitative estimate of drug-likeness (QED) is 0.170. The normalized spacial score (nSPS) is 25.4. The average Bonchev–Trinajstić information content (AvgIpc) is 3.19. The minimum atomic E-state index is -4.50. The van der Waals surface area contributed by atoms with E-state index in [4.69, 9.17) is 4.74 Å². The number of carbonyl (C=O) groups is 6. The van der Waals surface area contributed by atoms with Gasteiger partial charge in [0.25, 0.3) is 5.91 Å². The van der Waals surface area contributed by atoms with Crippen LogP contribution in [0.5, 0.6) is 0 Å². The van der Waals surface area contributed by atoms with Crippen molar-refractivity contribution in [2.75, 3.05) is 26.2 Å². The Bertz CT molecular complexity index is 1710. The first-order valence-electron chi connectivity index (χ1n) is 13.9. The summed E-state index contributed by atoms with van der Waals surface area (Å²) in [6.07, 6.45) is 2.71. The van der Waals surface area contributed by atoms with E-state index in [1.807, 2.05) is 0 Å². The fourth-order valence-electron chi connectivity index (χ4n) is 5.61. The number of nitrogens with one attached hydrogen (secondary N) is 1. The third-order valence-corrected chi connectivity index (χ3v) is 10.8. The van der Waals surface area contributed by atoms with Gasteiger partial charge in [0.1, 0.15) is 11.4 Å². The van der Waals surface area contributed by atoms with Crippen molar-refractivity contribution < 1.29 is 47.0 Å². The summed E-state index contributed by atoms with van der Waals surface area (Å²) in [6, 6.07) is 8.00. The van der Waals surface area contributed by atoms with Crippen molar-refractivity contribution in [2.45, 2.75) is 36.1 Å². The topological polar surface area (TPSA) is 201 Å². The zero-order valence-corrected chi connectivity index (χ0v) is 25.0. The molecule has 3 saturated heterocycles. The van der Waals surface area contributed by atoms with Crippen molar-refractivity contribution in [2.24, 2.45) is 0 Å². The molecule has 236 valence electrons. The van der Waals surface area contributed by atoms with E-state index in [2.05, 4.69) is 10.3 Å². The van der Waals surface area contributed by atoms with Crippen LogP contribution in [0.2, 0.25) is 0 Å². The molecule has 16 heteroatoms. The van der Waals surface area contributed by atoms with Crippen molar-refractivity contribution in [3.63, 3.8) is 0 Å². The molecule has 5 amide bonds. The van der Waals surface area contributed by atoms with E-state index in [-0.39, 0.29) is 30.8 Å². The van der Waals surface area contributed by atoms with Crippen LogP contribution in [0.4, 0.5) is 4.79 Å². The lowest BCUT2D eigenvalue weighted by Crippen LogP contribution is -2.59. The first kappa shape index (κ1) is 31.3. The largest absolute Gasteiger partial charge is 0.480 e. The van der Waals surface area contributed by atoms with Crippen molar-refractivity contribution in [3.05, 3.63) is 71.6 Å². The molecule has 15 nitrogen and oxygen atoms in total. The van der Waals surface area contributed by atoms with E-state index < -0.39 is 74.3 Å². The van der Waals surface area contributed by atoms with Gasteiger partial charge in [-0.1, -0.05) is 36.4 Å². The molecule has 4 heterocycles. The summed E-state index contributed by atoms with van der Waals surface area (Å²) in [6.45, 7) is 2.01. The zero-order valence-electron chi connectivity index (χ0n) is 24.2. The molecule has 0 spiro atoms. The van der Waals surface area contributed by atoms with Crippen molar-refractivity contribution in [1.29, 1.82) is 0 Å². The molecular formula is C29H29N5O10S. The molecule has 3 aliphatic heterocycles. The van der Waals surface area contributed by atoms with E-state index in [1.165, 1.54) is 29.3 Å². The maximum absolute atomic E-state index is 13.8. The molecule has 0 aliphatic carbocycles.